The standard InChI is InChI=1S/C15H20Cl2N2O2/c1-18-8-6-11(7-9-18)19(2)14(20)10-21-13-5-3-4-12(16)15(13)17/h3-5,11H,6-10H2,1-2H3. The lowest BCUT2D eigenvalue weighted by atomic mass is 10.0. The van der Waals surface area contributed by atoms with Crippen molar-refractivity contribution in [2.24, 2.45) is 0 Å². The summed E-state index contributed by atoms with van der Waals surface area (Å²) in [6, 6.07) is 5.42. The van der Waals surface area contributed by atoms with Gasteiger partial charge in [0.1, 0.15) is 10.8 Å². The number of carbonyl (C=O) groups excluding carboxylic acids is 1. The summed E-state index contributed by atoms with van der Waals surface area (Å²) in [6.07, 6.45) is 1.99. The fourth-order valence-corrected chi connectivity index (χ4v) is 2.77. The van der Waals surface area contributed by atoms with Gasteiger partial charge in [0, 0.05) is 13.1 Å². The van der Waals surface area contributed by atoms with Gasteiger partial charge in [-0.25, -0.2) is 0 Å². The van der Waals surface area contributed by atoms with Crippen LogP contribution < -0.4 is 4.74 Å². The van der Waals surface area contributed by atoms with E-state index in [0.29, 0.717) is 15.8 Å². The largest absolute Gasteiger partial charge is 0.482 e. The Morgan fingerprint density at radius 2 is 2.05 bits per heavy atom. The van der Waals surface area contributed by atoms with E-state index in [1.165, 1.54) is 0 Å². The van der Waals surface area contributed by atoms with Crippen molar-refractivity contribution < 1.29 is 9.53 Å². The van der Waals surface area contributed by atoms with E-state index in [9.17, 15) is 4.79 Å². The second-order valence-corrected chi connectivity index (χ2v) is 6.16. The van der Waals surface area contributed by atoms with Crippen molar-refractivity contribution in [1.82, 2.24) is 9.80 Å². The minimum Gasteiger partial charge on any atom is -0.482 e. The first-order chi connectivity index (χ1) is 9.99. The molecule has 0 atom stereocenters. The number of rotatable bonds is 4. The first kappa shape index (κ1) is 16.4. The molecule has 0 radical (unpaired) electrons. The van der Waals surface area contributed by atoms with Crippen LogP contribution in [0.25, 0.3) is 0 Å². The summed E-state index contributed by atoms with van der Waals surface area (Å²) in [5.41, 5.74) is 0. The Hall–Kier alpha value is -0.970. The molecule has 1 fully saturated rings. The maximum absolute atomic E-state index is 12.2. The Labute approximate surface area is 135 Å². The summed E-state index contributed by atoms with van der Waals surface area (Å²) in [4.78, 5) is 16.3. The molecule has 0 unspecified atom stereocenters. The van der Waals surface area contributed by atoms with Crippen LogP contribution in [0.5, 0.6) is 5.75 Å². The molecule has 0 aromatic heterocycles. The van der Waals surface area contributed by atoms with Gasteiger partial charge in [-0.05, 0) is 45.1 Å². The zero-order chi connectivity index (χ0) is 15.4. The van der Waals surface area contributed by atoms with Gasteiger partial charge in [0.15, 0.2) is 6.61 Å². The van der Waals surface area contributed by atoms with Gasteiger partial charge in [-0.15, -0.1) is 0 Å². The van der Waals surface area contributed by atoms with Gasteiger partial charge in [0.05, 0.1) is 5.02 Å². The normalized spacial score (nSPS) is 16.8. The number of nitrogens with zero attached hydrogens (tertiary/aromatic N) is 2. The van der Waals surface area contributed by atoms with Crippen LogP contribution in [0.1, 0.15) is 12.8 Å². The highest BCUT2D eigenvalue weighted by Crippen LogP contribution is 2.31. The minimum absolute atomic E-state index is 0.0249. The third-order valence-electron chi connectivity index (χ3n) is 3.90. The van der Waals surface area contributed by atoms with E-state index in [-0.39, 0.29) is 18.6 Å². The van der Waals surface area contributed by atoms with Gasteiger partial charge in [0.25, 0.3) is 5.91 Å². The van der Waals surface area contributed by atoms with Crippen LogP contribution in [-0.2, 0) is 4.79 Å². The van der Waals surface area contributed by atoms with Gasteiger partial charge in [-0.3, -0.25) is 4.79 Å². The molecule has 1 aromatic carbocycles. The highest BCUT2D eigenvalue weighted by molar-refractivity contribution is 6.42. The molecule has 116 valence electrons. The number of carbonyl (C=O) groups is 1. The zero-order valence-electron chi connectivity index (χ0n) is 12.3. The van der Waals surface area contributed by atoms with Crippen molar-refractivity contribution in [3.63, 3.8) is 0 Å². The van der Waals surface area contributed by atoms with Crippen LogP contribution in [0, 0.1) is 0 Å². The molecular weight excluding hydrogens is 311 g/mol. The average Bonchev–Trinajstić information content (AvgIpc) is 2.48. The highest BCUT2D eigenvalue weighted by Gasteiger charge is 2.24. The van der Waals surface area contributed by atoms with Gasteiger partial charge < -0.3 is 14.5 Å². The first-order valence-corrected chi connectivity index (χ1v) is 7.75. The van der Waals surface area contributed by atoms with Crippen LogP contribution in [0.15, 0.2) is 18.2 Å². The van der Waals surface area contributed by atoms with Crippen LogP contribution in [0.3, 0.4) is 0 Å². The Bertz CT molecular complexity index is 502. The third-order valence-corrected chi connectivity index (χ3v) is 4.70. The van der Waals surface area contributed by atoms with E-state index in [4.69, 9.17) is 27.9 Å². The van der Waals surface area contributed by atoms with Crippen molar-refractivity contribution in [2.45, 2.75) is 18.9 Å². The molecule has 0 saturated carbocycles. The molecule has 1 aliphatic heterocycles. The van der Waals surface area contributed by atoms with E-state index in [0.717, 1.165) is 25.9 Å². The van der Waals surface area contributed by atoms with Gasteiger partial charge in [-0.1, -0.05) is 29.3 Å². The third kappa shape index (κ3) is 4.25. The van der Waals surface area contributed by atoms with Crippen LogP contribution in [-0.4, -0.2) is 55.5 Å². The SMILES string of the molecule is CN1CCC(N(C)C(=O)COc2cccc(Cl)c2Cl)CC1. The predicted molar refractivity (Wildman–Crippen MR) is 85.2 cm³/mol. The van der Waals surface area contributed by atoms with Gasteiger partial charge in [-0.2, -0.15) is 0 Å². The first-order valence-electron chi connectivity index (χ1n) is 7.00. The maximum atomic E-state index is 12.2. The lowest BCUT2D eigenvalue weighted by Gasteiger charge is -2.35. The number of hydrogen-bond acceptors (Lipinski definition) is 3. The van der Waals surface area contributed by atoms with E-state index >= 15 is 0 Å². The summed E-state index contributed by atoms with van der Waals surface area (Å²) < 4.78 is 5.49. The van der Waals surface area contributed by atoms with E-state index < -0.39 is 0 Å². The Kier molecular flexibility index (Phi) is 5.73. The monoisotopic (exact) mass is 330 g/mol. The molecule has 21 heavy (non-hydrogen) atoms. The van der Waals surface area contributed by atoms with E-state index in [1.54, 1.807) is 23.1 Å². The summed E-state index contributed by atoms with van der Waals surface area (Å²) in [7, 11) is 3.93. The molecule has 0 N–H and O–H groups in total. The Morgan fingerprint density at radius 1 is 1.38 bits per heavy atom. The maximum Gasteiger partial charge on any atom is 0.260 e. The lowest BCUT2D eigenvalue weighted by molar-refractivity contribution is -0.134. The fourth-order valence-electron chi connectivity index (χ4n) is 2.42. The quantitative estimate of drug-likeness (QED) is 0.850. The van der Waals surface area contributed by atoms with Crippen molar-refractivity contribution in [2.75, 3.05) is 33.8 Å². The molecule has 1 aliphatic rings. The van der Waals surface area contributed by atoms with Gasteiger partial charge in [0.2, 0.25) is 0 Å². The number of piperidine rings is 1. The molecule has 1 saturated heterocycles. The van der Waals surface area contributed by atoms with Crippen molar-refractivity contribution in [3.8, 4) is 5.75 Å². The Balaban J connectivity index is 1.88. The number of hydrogen-bond donors (Lipinski definition) is 0. The zero-order valence-corrected chi connectivity index (χ0v) is 13.8. The van der Waals surface area contributed by atoms with Crippen LogP contribution in [0.2, 0.25) is 10.0 Å². The summed E-state index contributed by atoms with van der Waals surface area (Å²) in [6.45, 7) is 2.01. The summed E-state index contributed by atoms with van der Waals surface area (Å²) in [5.74, 6) is 0.398. The van der Waals surface area contributed by atoms with Crippen LogP contribution in [0.4, 0.5) is 0 Å². The molecule has 1 amide bonds. The average molecular weight is 331 g/mol. The number of likely N-dealkylation sites (tertiary alicyclic amines) is 1. The molecule has 0 aliphatic carbocycles. The Morgan fingerprint density at radius 3 is 2.71 bits per heavy atom. The van der Waals surface area contributed by atoms with E-state index in [1.807, 2.05) is 7.05 Å². The molecule has 6 heteroatoms. The number of ether oxygens (including phenoxy) is 1. The second kappa shape index (κ2) is 7.34. The summed E-state index contributed by atoms with van der Waals surface area (Å²) in [5, 5.41) is 0.763. The van der Waals surface area contributed by atoms with Crippen LogP contribution >= 0.6 is 23.2 Å². The summed E-state index contributed by atoms with van der Waals surface area (Å²) >= 11 is 11.9. The van der Waals surface area contributed by atoms with Crippen molar-refractivity contribution in [3.05, 3.63) is 28.2 Å². The fraction of sp³-hybridized carbons (Fsp3) is 0.533. The second-order valence-electron chi connectivity index (χ2n) is 5.38. The molecule has 1 aromatic rings. The molecule has 0 spiro atoms. The molecule has 2 rings (SSSR count). The highest BCUT2D eigenvalue weighted by atomic mass is 35.5. The van der Waals surface area contributed by atoms with Crippen molar-refractivity contribution >= 4 is 29.1 Å². The smallest absolute Gasteiger partial charge is 0.260 e. The number of amides is 1. The number of likely N-dealkylation sites (N-methyl/N-ethyl adjacent to an activating group) is 1. The molecule has 0 bridgehead atoms. The topological polar surface area (TPSA) is 32.8 Å². The molecular formula is C15H20Cl2N2O2. The minimum atomic E-state index is -0.0411. The lowest BCUT2D eigenvalue weighted by Crippen LogP contribution is -2.45. The number of benzene rings is 1. The number of halogens is 2. The van der Waals surface area contributed by atoms with E-state index in [2.05, 4.69) is 11.9 Å². The van der Waals surface area contributed by atoms with Gasteiger partial charge >= 0.3 is 0 Å². The molecule has 1 heterocycles. The molecule has 4 nitrogen and oxygen atoms in total. The van der Waals surface area contributed by atoms with Crippen molar-refractivity contribution in [1.29, 1.82) is 0 Å². The predicted octanol–water partition coefficient (Wildman–Crippen LogP) is 2.92.